The highest BCUT2D eigenvalue weighted by Crippen LogP contribution is 2.11. The fourth-order valence-corrected chi connectivity index (χ4v) is 1.68. The predicted molar refractivity (Wildman–Crippen MR) is 77.8 cm³/mol. The maximum Gasteiger partial charge on any atom is 0.346 e. The zero-order valence-corrected chi connectivity index (χ0v) is 11.1. The molecule has 0 spiro atoms. The molecule has 0 aliphatic carbocycles. The van der Waals surface area contributed by atoms with Crippen molar-refractivity contribution in [1.82, 2.24) is 20.3 Å². The molecule has 0 saturated carbocycles. The van der Waals surface area contributed by atoms with Gasteiger partial charge in [-0.1, -0.05) is 0 Å². The number of anilines is 2. The highest BCUT2D eigenvalue weighted by molar-refractivity contribution is 5.51. The molecule has 7 nitrogen and oxygen atoms in total. The van der Waals surface area contributed by atoms with E-state index in [0.29, 0.717) is 18.2 Å². The van der Waals surface area contributed by atoms with Crippen molar-refractivity contribution in [1.29, 1.82) is 0 Å². The van der Waals surface area contributed by atoms with Gasteiger partial charge in [-0.3, -0.25) is 0 Å². The van der Waals surface area contributed by atoms with Gasteiger partial charge in [-0.15, -0.1) is 0 Å². The molecular formula is C13H18N6O. The quantitative estimate of drug-likeness (QED) is 0.542. The first-order valence-corrected chi connectivity index (χ1v) is 6.46. The standard InChI is InChI=1S/C13H18N6O/c14-4-1-5-15-9-10-2-6-16-12(8-10)18-11-3-7-17-13(20)19-11/h2-3,6-8,15H,1,4-5,9,14H2,(H2,16,17,18,19,20). The Hall–Kier alpha value is -2.25. The summed E-state index contributed by atoms with van der Waals surface area (Å²) in [5.74, 6) is 1.12. The molecule has 2 heterocycles. The second kappa shape index (κ2) is 7.37. The van der Waals surface area contributed by atoms with Gasteiger partial charge in [-0.25, -0.2) is 9.78 Å². The molecule has 0 aliphatic heterocycles. The van der Waals surface area contributed by atoms with Crippen LogP contribution in [0.1, 0.15) is 12.0 Å². The molecular weight excluding hydrogens is 256 g/mol. The van der Waals surface area contributed by atoms with E-state index in [1.165, 1.54) is 6.20 Å². The first kappa shape index (κ1) is 14.2. The average Bonchev–Trinajstić information content (AvgIpc) is 2.44. The van der Waals surface area contributed by atoms with E-state index in [4.69, 9.17) is 5.73 Å². The van der Waals surface area contributed by atoms with Gasteiger partial charge in [0.15, 0.2) is 0 Å². The van der Waals surface area contributed by atoms with Gasteiger partial charge in [0.2, 0.25) is 0 Å². The van der Waals surface area contributed by atoms with Gasteiger partial charge in [-0.2, -0.15) is 4.98 Å². The first-order chi connectivity index (χ1) is 9.78. The van der Waals surface area contributed by atoms with Gasteiger partial charge in [0.05, 0.1) is 0 Å². The second-order valence-corrected chi connectivity index (χ2v) is 4.27. The number of nitrogens with zero attached hydrogens (tertiary/aromatic N) is 2. The highest BCUT2D eigenvalue weighted by Gasteiger charge is 2.00. The Morgan fingerprint density at radius 2 is 2.20 bits per heavy atom. The molecule has 0 fully saturated rings. The lowest BCUT2D eigenvalue weighted by Gasteiger charge is -2.07. The van der Waals surface area contributed by atoms with Gasteiger partial charge in [0.25, 0.3) is 0 Å². The van der Waals surface area contributed by atoms with Crippen LogP contribution in [0.3, 0.4) is 0 Å². The van der Waals surface area contributed by atoms with Crippen LogP contribution in [0.15, 0.2) is 35.4 Å². The van der Waals surface area contributed by atoms with E-state index in [-0.39, 0.29) is 0 Å². The third kappa shape index (κ3) is 4.45. The Morgan fingerprint density at radius 1 is 1.30 bits per heavy atom. The molecule has 7 heteroatoms. The molecule has 0 aliphatic rings. The van der Waals surface area contributed by atoms with E-state index in [0.717, 1.165) is 25.1 Å². The fourth-order valence-electron chi connectivity index (χ4n) is 1.68. The molecule has 2 aromatic heterocycles. The van der Waals surface area contributed by atoms with Gasteiger partial charge in [0, 0.05) is 18.9 Å². The summed E-state index contributed by atoms with van der Waals surface area (Å²) in [5.41, 5.74) is 6.14. The number of nitrogens with two attached hydrogens (primary N) is 1. The monoisotopic (exact) mass is 274 g/mol. The molecule has 0 saturated heterocycles. The summed E-state index contributed by atoms with van der Waals surface area (Å²) in [6.07, 6.45) is 4.21. The van der Waals surface area contributed by atoms with E-state index in [2.05, 4.69) is 25.6 Å². The zero-order valence-electron chi connectivity index (χ0n) is 11.1. The normalized spacial score (nSPS) is 10.4. The summed E-state index contributed by atoms with van der Waals surface area (Å²) in [7, 11) is 0. The summed E-state index contributed by atoms with van der Waals surface area (Å²) in [5, 5.41) is 6.29. The van der Waals surface area contributed by atoms with Gasteiger partial charge in [-0.05, 0) is 43.3 Å². The van der Waals surface area contributed by atoms with Crippen molar-refractivity contribution in [2.24, 2.45) is 5.73 Å². The molecule has 0 amide bonds. The van der Waals surface area contributed by atoms with E-state index in [9.17, 15) is 4.79 Å². The van der Waals surface area contributed by atoms with E-state index in [1.54, 1.807) is 12.3 Å². The van der Waals surface area contributed by atoms with Crippen LogP contribution in [0.25, 0.3) is 0 Å². The molecule has 2 aromatic rings. The zero-order chi connectivity index (χ0) is 14.2. The summed E-state index contributed by atoms with van der Waals surface area (Å²) in [6.45, 7) is 2.32. The molecule has 2 rings (SSSR count). The average molecular weight is 274 g/mol. The minimum Gasteiger partial charge on any atom is -0.330 e. The molecule has 5 N–H and O–H groups in total. The largest absolute Gasteiger partial charge is 0.346 e. The molecule has 0 bridgehead atoms. The molecule has 0 atom stereocenters. The van der Waals surface area contributed by atoms with Crippen molar-refractivity contribution in [3.05, 3.63) is 46.6 Å². The Bertz CT molecular complexity index is 597. The van der Waals surface area contributed by atoms with Crippen LogP contribution in [-0.2, 0) is 6.54 Å². The SMILES string of the molecule is NCCCNCc1ccnc(Nc2cc[nH]c(=O)n2)c1. The number of aromatic nitrogens is 3. The molecule has 0 radical (unpaired) electrons. The number of hydrogen-bond acceptors (Lipinski definition) is 6. The van der Waals surface area contributed by atoms with E-state index in [1.807, 2.05) is 12.1 Å². The van der Waals surface area contributed by atoms with E-state index >= 15 is 0 Å². The number of pyridine rings is 1. The fraction of sp³-hybridized carbons (Fsp3) is 0.308. The van der Waals surface area contributed by atoms with Crippen molar-refractivity contribution in [3.63, 3.8) is 0 Å². The summed E-state index contributed by atoms with van der Waals surface area (Å²) in [4.78, 5) is 21.6. The van der Waals surface area contributed by atoms with Crippen LogP contribution in [0.4, 0.5) is 11.6 Å². The van der Waals surface area contributed by atoms with Crippen LogP contribution in [0.2, 0.25) is 0 Å². The number of rotatable bonds is 7. The number of nitrogens with one attached hydrogen (secondary N) is 3. The molecule has 106 valence electrons. The van der Waals surface area contributed by atoms with Crippen molar-refractivity contribution < 1.29 is 0 Å². The Balaban J connectivity index is 1.97. The Kier molecular flexibility index (Phi) is 5.22. The Morgan fingerprint density at radius 3 is 3.00 bits per heavy atom. The Labute approximate surface area is 116 Å². The molecule has 0 unspecified atom stereocenters. The van der Waals surface area contributed by atoms with Gasteiger partial charge >= 0.3 is 5.69 Å². The minimum atomic E-state index is -0.394. The summed E-state index contributed by atoms with van der Waals surface area (Å²) >= 11 is 0. The van der Waals surface area contributed by atoms with Crippen LogP contribution >= 0.6 is 0 Å². The first-order valence-electron chi connectivity index (χ1n) is 6.46. The predicted octanol–water partition coefficient (Wildman–Crippen LogP) is 0.347. The topological polar surface area (TPSA) is 109 Å². The van der Waals surface area contributed by atoms with Crippen LogP contribution in [0.5, 0.6) is 0 Å². The number of aromatic amines is 1. The van der Waals surface area contributed by atoms with Crippen LogP contribution in [-0.4, -0.2) is 28.0 Å². The second-order valence-electron chi connectivity index (χ2n) is 4.27. The van der Waals surface area contributed by atoms with Gasteiger partial charge in [0.1, 0.15) is 11.6 Å². The lowest BCUT2D eigenvalue weighted by atomic mass is 10.2. The minimum absolute atomic E-state index is 0.394. The maximum atomic E-state index is 11.1. The van der Waals surface area contributed by atoms with Gasteiger partial charge < -0.3 is 21.4 Å². The third-order valence-corrected chi connectivity index (χ3v) is 2.64. The van der Waals surface area contributed by atoms with Crippen LogP contribution < -0.4 is 22.1 Å². The highest BCUT2D eigenvalue weighted by atomic mass is 16.1. The lowest BCUT2D eigenvalue weighted by molar-refractivity contribution is 0.655. The number of hydrogen-bond donors (Lipinski definition) is 4. The van der Waals surface area contributed by atoms with Crippen molar-refractivity contribution in [2.75, 3.05) is 18.4 Å². The van der Waals surface area contributed by atoms with E-state index < -0.39 is 5.69 Å². The smallest absolute Gasteiger partial charge is 0.330 e. The molecule has 0 aromatic carbocycles. The third-order valence-electron chi connectivity index (χ3n) is 2.64. The van der Waals surface area contributed by atoms with Crippen LogP contribution in [0, 0.1) is 0 Å². The van der Waals surface area contributed by atoms with Crippen molar-refractivity contribution in [3.8, 4) is 0 Å². The number of H-pyrrole nitrogens is 1. The maximum absolute atomic E-state index is 11.1. The lowest BCUT2D eigenvalue weighted by Crippen LogP contribution is -2.17. The summed E-state index contributed by atoms with van der Waals surface area (Å²) in [6, 6.07) is 5.53. The molecule has 20 heavy (non-hydrogen) atoms. The van der Waals surface area contributed by atoms with Crippen molar-refractivity contribution in [2.45, 2.75) is 13.0 Å². The summed E-state index contributed by atoms with van der Waals surface area (Å²) < 4.78 is 0. The van der Waals surface area contributed by atoms with Crippen molar-refractivity contribution >= 4 is 11.6 Å².